The number of rotatable bonds is 3. The summed E-state index contributed by atoms with van der Waals surface area (Å²) in [5.74, 6) is 0.0144. The fourth-order valence-corrected chi connectivity index (χ4v) is 2.00. The Hall–Kier alpha value is -1.76. The van der Waals surface area contributed by atoms with Crippen LogP contribution in [0.25, 0.3) is 11.3 Å². The van der Waals surface area contributed by atoms with Crippen LogP contribution in [0.1, 0.15) is 6.92 Å². The average molecular weight is 239 g/mol. The molecule has 0 aliphatic rings. The molecule has 7 heteroatoms. The third-order valence-electron chi connectivity index (χ3n) is 2.09. The highest BCUT2D eigenvalue weighted by molar-refractivity contribution is 7.91. The molecule has 0 spiro atoms. The quantitative estimate of drug-likeness (QED) is 0.791. The van der Waals surface area contributed by atoms with Gasteiger partial charge >= 0.3 is 0 Å². The summed E-state index contributed by atoms with van der Waals surface area (Å²) >= 11 is 0. The van der Waals surface area contributed by atoms with Crippen molar-refractivity contribution in [1.82, 2.24) is 15.4 Å². The third-order valence-corrected chi connectivity index (χ3v) is 3.71. The topological polar surface area (TPSA) is 86.0 Å². The van der Waals surface area contributed by atoms with Crippen LogP contribution in [0.3, 0.4) is 0 Å². The predicted molar refractivity (Wildman–Crippen MR) is 55.3 cm³/mol. The maximum atomic E-state index is 11.6. The van der Waals surface area contributed by atoms with Gasteiger partial charge in [0.05, 0.1) is 5.75 Å². The van der Waals surface area contributed by atoms with Gasteiger partial charge in [-0.25, -0.2) is 13.4 Å². The van der Waals surface area contributed by atoms with Gasteiger partial charge in [0.1, 0.15) is 5.69 Å². The van der Waals surface area contributed by atoms with Gasteiger partial charge in [-0.3, -0.25) is 0 Å². The second-order valence-electron chi connectivity index (χ2n) is 3.08. The Bertz CT molecular complexity index is 578. The van der Waals surface area contributed by atoms with Crippen LogP contribution in [0.5, 0.6) is 0 Å². The van der Waals surface area contributed by atoms with Crippen molar-refractivity contribution < 1.29 is 12.9 Å². The zero-order valence-corrected chi connectivity index (χ0v) is 9.31. The molecule has 0 saturated carbocycles. The third kappa shape index (κ3) is 1.94. The first-order valence-corrected chi connectivity index (χ1v) is 6.25. The van der Waals surface area contributed by atoms with E-state index in [1.165, 1.54) is 18.5 Å². The second kappa shape index (κ2) is 4.01. The molecule has 0 bridgehead atoms. The van der Waals surface area contributed by atoms with E-state index in [9.17, 15) is 8.42 Å². The number of aromatic nitrogens is 3. The molecule has 0 unspecified atom stereocenters. The summed E-state index contributed by atoms with van der Waals surface area (Å²) in [6, 6.07) is 3.10. The molecule has 0 aromatic carbocycles. The van der Waals surface area contributed by atoms with Crippen molar-refractivity contribution in [3.63, 3.8) is 0 Å². The van der Waals surface area contributed by atoms with Crippen molar-refractivity contribution in [1.29, 1.82) is 0 Å². The first-order chi connectivity index (χ1) is 7.63. The van der Waals surface area contributed by atoms with Crippen molar-refractivity contribution in [2.45, 2.75) is 11.9 Å². The van der Waals surface area contributed by atoms with Gasteiger partial charge in [-0.05, 0) is 12.1 Å². The molecule has 16 heavy (non-hydrogen) atoms. The summed E-state index contributed by atoms with van der Waals surface area (Å²) in [7, 11) is -3.30. The Labute approximate surface area is 92.2 Å². The van der Waals surface area contributed by atoms with E-state index < -0.39 is 9.84 Å². The maximum absolute atomic E-state index is 11.6. The Morgan fingerprint density at radius 1 is 1.44 bits per heavy atom. The molecule has 2 aromatic rings. The molecular formula is C9H9N3O3S. The van der Waals surface area contributed by atoms with Crippen LogP contribution < -0.4 is 0 Å². The Morgan fingerprint density at radius 3 is 2.88 bits per heavy atom. The number of sulfone groups is 1. The minimum absolute atomic E-state index is 0.0144. The molecule has 2 heterocycles. The Balaban J connectivity index is 2.50. The highest BCUT2D eigenvalue weighted by Crippen LogP contribution is 2.18. The van der Waals surface area contributed by atoms with Crippen molar-refractivity contribution in [3.05, 3.63) is 24.6 Å². The summed E-state index contributed by atoms with van der Waals surface area (Å²) in [4.78, 5) is 3.83. The van der Waals surface area contributed by atoms with E-state index in [1.54, 1.807) is 13.0 Å². The van der Waals surface area contributed by atoms with Gasteiger partial charge < -0.3 is 4.52 Å². The van der Waals surface area contributed by atoms with Gasteiger partial charge in [0.2, 0.25) is 0 Å². The maximum Gasteiger partial charge on any atom is 0.195 e. The van der Waals surface area contributed by atoms with Gasteiger partial charge in [0.25, 0.3) is 0 Å². The molecule has 0 N–H and O–H groups in total. The molecule has 0 saturated heterocycles. The standard InChI is InChI=1S/C9H9N3O3S/c1-2-16(13,14)9-5-7(3-4-10-9)8-6-15-12-11-8/h3-6H,2H2,1H3. The molecule has 2 rings (SSSR count). The smallest absolute Gasteiger partial charge is 0.195 e. The summed E-state index contributed by atoms with van der Waals surface area (Å²) in [5, 5.41) is 7.05. The molecule has 0 radical (unpaired) electrons. The second-order valence-corrected chi connectivity index (χ2v) is 5.30. The molecule has 6 nitrogen and oxygen atoms in total. The van der Waals surface area contributed by atoms with Crippen LogP contribution in [0.4, 0.5) is 0 Å². The van der Waals surface area contributed by atoms with Crippen molar-refractivity contribution in [2.75, 3.05) is 5.75 Å². The van der Waals surface area contributed by atoms with Gasteiger partial charge in [-0.2, -0.15) is 0 Å². The highest BCUT2D eigenvalue weighted by atomic mass is 32.2. The molecular weight excluding hydrogens is 230 g/mol. The van der Waals surface area contributed by atoms with Gasteiger partial charge in [0.15, 0.2) is 21.1 Å². The van der Waals surface area contributed by atoms with Crippen molar-refractivity contribution in [3.8, 4) is 11.3 Å². The van der Waals surface area contributed by atoms with Crippen LogP contribution in [0, 0.1) is 0 Å². The minimum atomic E-state index is -3.30. The summed E-state index contributed by atoms with van der Waals surface area (Å²) < 4.78 is 27.8. The fourth-order valence-electron chi connectivity index (χ4n) is 1.18. The number of pyridine rings is 1. The van der Waals surface area contributed by atoms with Crippen LogP contribution in [0.2, 0.25) is 0 Å². The van der Waals surface area contributed by atoms with Crippen molar-refractivity contribution >= 4 is 9.84 Å². The molecule has 0 atom stereocenters. The van der Waals surface area contributed by atoms with Gasteiger partial charge in [0, 0.05) is 17.0 Å². The highest BCUT2D eigenvalue weighted by Gasteiger charge is 2.14. The largest absolute Gasteiger partial charge is 0.345 e. The fraction of sp³-hybridized carbons (Fsp3) is 0.222. The molecule has 0 fully saturated rings. The van der Waals surface area contributed by atoms with E-state index >= 15 is 0 Å². The summed E-state index contributed by atoms with van der Waals surface area (Å²) in [5.41, 5.74) is 1.10. The molecule has 2 aromatic heterocycles. The first-order valence-electron chi connectivity index (χ1n) is 4.59. The van der Waals surface area contributed by atoms with Gasteiger partial charge in [-0.15, -0.1) is 5.10 Å². The summed E-state index contributed by atoms with van der Waals surface area (Å²) in [6.07, 6.45) is 2.77. The van der Waals surface area contributed by atoms with E-state index in [1.807, 2.05) is 0 Å². The van der Waals surface area contributed by atoms with Gasteiger partial charge in [-0.1, -0.05) is 6.92 Å². The zero-order chi connectivity index (χ0) is 11.6. The molecule has 0 amide bonds. The van der Waals surface area contributed by atoms with E-state index in [0.717, 1.165) is 0 Å². The minimum Gasteiger partial charge on any atom is -0.345 e. The summed E-state index contributed by atoms with van der Waals surface area (Å²) in [6.45, 7) is 1.57. The Kier molecular flexibility index (Phi) is 2.69. The predicted octanol–water partition coefficient (Wildman–Crippen LogP) is 0.925. The average Bonchev–Trinajstić information content (AvgIpc) is 2.83. The first kappa shape index (κ1) is 10.7. The van der Waals surface area contributed by atoms with Crippen LogP contribution >= 0.6 is 0 Å². The van der Waals surface area contributed by atoms with E-state index in [2.05, 4.69) is 19.9 Å². The van der Waals surface area contributed by atoms with Crippen LogP contribution in [-0.2, 0) is 9.84 Å². The molecule has 0 aliphatic carbocycles. The number of hydrogen-bond donors (Lipinski definition) is 0. The van der Waals surface area contributed by atoms with Crippen LogP contribution in [0.15, 0.2) is 34.1 Å². The molecule has 0 aliphatic heterocycles. The lowest BCUT2D eigenvalue weighted by atomic mass is 10.2. The van der Waals surface area contributed by atoms with Crippen molar-refractivity contribution in [2.24, 2.45) is 0 Å². The van der Waals surface area contributed by atoms with E-state index in [-0.39, 0.29) is 10.8 Å². The number of hydrogen-bond acceptors (Lipinski definition) is 6. The Morgan fingerprint density at radius 2 is 2.25 bits per heavy atom. The van der Waals surface area contributed by atoms with E-state index in [4.69, 9.17) is 0 Å². The normalized spacial score (nSPS) is 11.6. The lowest BCUT2D eigenvalue weighted by molar-refractivity contribution is 0.393. The van der Waals surface area contributed by atoms with Crippen LogP contribution in [-0.4, -0.2) is 29.5 Å². The lowest BCUT2D eigenvalue weighted by Crippen LogP contribution is -2.05. The molecule has 84 valence electrons. The zero-order valence-electron chi connectivity index (χ0n) is 8.49. The SMILES string of the molecule is CCS(=O)(=O)c1cc(-c2conn2)ccn1. The number of nitrogens with zero attached hydrogens (tertiary/aromatic N) is 3. The monoisotopic (exact) mass is 239 g/mol. The lowest BCUT2D eigenvalue weighted by Gasteiger charge is -2.01. The van der Waals surface area contributed by atoms with E-state index in [0.29, 0.717) is 11.3 Å².